The highest BCUT2D eigenvalue weighted by Gasteiger charge is 2.25. The van der Waals surface area contributed by atoms with Crippen LogP contribution in [-0.4, -0.2) is 29.0 Å². The maximum absolute atomic E-state index is 9.10. The monoisotopic (exact) mass is 236 g/mol. The Bertz CT molecular complexity index is 395. The summed E-state index contributed by atoms with van der Waals surface area (Å²) < 4.78 is 7.19. The van der Waals surface area contributed by atoms with Gasteiger partial charge in [-0.15, -0.1) is 0 Å². The standard InChI is InChI=1S/C12H20N4O/c1-5-17-11-7-15-16(8-11)10(2)6-12(3,9-13)14-4/h7-8,10,14H,5-6H2,1-4H3. The highest BCUT2D eigenvalue weighted by Crippen LogP contribution is 2.21. The number of ether oxygens (including phenoxy) is 1. The predicted molar refractivity (Wildman–Crippen MR) is 65.8 cm³/mol. The molecule has 1 heterocycles. The van der Waals surface area contributed by atoms with Gasteiger partial charge in [0.2, 0.25) is 0 Å². The summed E-state index contributed by atoms with van der Waals surface area (Å²) in [7, 11) is 1.80. The fraction of sp³-hybridized carbons (Fsp3) is 0.667. The first-order valence-corrected chi connectivity index (χ1v) is 5.81. The molecule has 0 aliphatic carbocycles. The number of hydrogen-bond acceptors (Lipinski definition) is 4. The van der Waals surface area contributed by atoms with Crippen molar-refractivity contribution in [3.05, 3.63) is 12.4 Å². The summed E-state index contributed by atoms with van der Waals surface area (Å²) in [4.78, 5) is 0. The van der Waals surface area contributed by atoms with Gasteiger partial charge in [0.25, 0.3) is 0 Å². The molecule has 2 atom stereocenters. The molecule has 1 N–H and O–H groups in total. The normalized spacial score (nSPS) is 15.9. The molecule has 0 amide bonds. The average molecular weight is 236 g/mol. The van der Waals surface area contributed by atoms with E-state index in [2.05, 4.69) is 16.5 Å². The lowest BCUT2D eigenvalue weighted by Gasteiger charge is -2.24. The molecule has 94 valence electrons. The highest BCUT2D eigenvalue weighted by atomic mass is 16.5. The maximum atomic E-state index is 9.10. The maximum Gasteiger partial charge on any atom is 0.157 e. The number of nitrogens with zero attached hydrogens (tertiary/aromatic N) is 3. The van der Waals surface area contributed by atoms with E-state index in [4.69, 9.17) is 10.00 Å². The zero-order chi connectivity index (χ0) is 12.9. The Kier molecular flexibility index (Phi) is 4.53. The van der Waals surface area contributed by atoms with Crippen LogP contribution in [0.4, 0.5) is 0 Å². The molecule has 0 fully saturated rings. The Morgan fingerprint density at radius 1 is 1.71 bits per heavy atom. The second-order valence-corrected chi connectivity index (χ2v) is 4.34. The molecule has 0 radical (unpaired) electrons. The summed E-state index contributed by atoms with van der Waals surface area (Å²) >= 11 is 0. The van der Waals surface area contributed by atoms with Gasteiger partial charge in [0.1, 0.15) is 5.54 Å². The summed E-state index contributed by atoms with van der Waals surface area (Å²) in [6.45, 7) is 6.49. The van der Waals surface area contributed by atoms with Crippen LogP contribution in [-0.2, 0) is 0 Å². The van der Waals surface area contributed by atoms with Crippen LogP contribution in [0.25, 0.3) is 0 Å². The predicted octanol–water partition coefficient (Wildman–Crippen LogP) is 1.73. The van der Waals surface area contributed by atoms with Crippen molar-refractivity contribution in [3.8, 4) is 11.8 Å². The van der Waals surface area contributed by atoms with Gasteiger partial charge in [0, 0.05) is 6.42 Å². The van der Waals surface area contributed by atoms with Gasteiger partial charge in [-0.1, -0.05) is 0 Å². The van der Waals surface area contributed by atoms with E-state index in [1.54, 1.807) is 13.2 Å². The van der Waals surface area contributed by atoms with E-state index in [1.165, 1.54) is 0 Å². The van der Waals surface area contributed by atoms with Crippen molar-refractivity contribution in [2.75, 3.05) is 13.7 Å². The Morgan fingerprint density at radius 3 is 2.94 bits per heavy atom. The summed E-state index contributed by atoms with van der Waals surface area (Å²) in [5, 5.41) is 16.4. The number of nitrogens with one attached hydrogen (secondary N) is 1. The second kappa shape index (κ2) is 5.69. The Balaban J connectivity index is 2.69. The third-order valence-electron chi connectivity index (χ3n) is 2.84. The number of hydrogen-bond donors (Lipinski definition) is 1. The smallest absolute Gasteiger partial charge is 0.157 e. The molecule has 2 unspecified atom stereocenters. The molecule has 17 heavy (non-hydrogen) atoms. The zero-order valence-corrected chi connectivity index (χ0v) is 10.9. The van der Waals surface area contributed by atoms with Crippen LogP contribution in [0.2, 0.25) is 0 Å². The van der Waals surface area contributed by atoms with E-state index in [9.17, 15) is 0 Å². The van der Waals surface area contributed by atoms with Crippen LogP contribution in [0, 0.1) is 11.3 Å². The van der Waals surface area contributed by atoms with Gasteiger partial charge in [0.05, 0.1) is 31.1 Å². The van der Waals surface area contributed by atoms with E-state index in [1.807, 2.05) is 31.6 Å². The van der Waals surface area contributed by atoms with Crippen LogP contribution in [0.1, 0.15) is 33.2 Å². The van der Waals surface area contributed by atoms with Crippen LogP contribution in [0.3, 0.4) is 0 Å². The molecular formula is C12H20N4O. The molecule has 0 saturated heterocycles. The topological polar surface area (TPSA) is 62.9 Å². The van der Waals surface area contributed by atoms with Crippen molar-refractivity contribution < 1.29 is 4.74 Å². The first-order chi connectivity index (χ1) is 8.04. The molecule has 0 aromatic carbocycles. The summed E-state index contributed by atoms with van der Waals surface area (Å²) in [6, 6.07) is 2.42. The minimum absolute atomic E-state index is 0.140. The van der Waals surface area contributed by atoms with Gasteiger partial charge >= 0.3 is 0 Å². The molecule has 5 nitrogen and oxygen atoms in total. The molecule has 0 aliphatic rings. The molecule has 5 heteroatoms. The minimum Gasteiger partial charge on any atom is -0.491 e. The average Bonchev–Trinajstić information content (AvgIpc) is 2.78. The van der Waals surface area contributed by atoms with Gasteiger partial charge in [-0.2, -0.15) is 10.4 Å². The Hall–Kier alpha value is -1.54. The van der Waals surface area contributed by atoms with Crippen LogP contribution >= 0.6 is 0 Å². The first-order valence-electron chi connectivity index (χ1n) is 5.81. The SMILES string of the molecule is CCOc1cnn(C(C)CC(C)(C#N)NC)c1. The second-order valence-electron chi connectivity index (χ2n) is 4.34. The van der Waals surface area contributed by atoms with E-state index in [-0.39, 0.29) is 6.04 Å². The molecule has 0 bridgehead atoms. The lowest BCUT2D eigenvalue weighted by Crippen LogP contribution is -2.40. The van der Waals surface area contributed by atoms with E-state index < -0.39 is 5.54 Å². The molecule has 0 aliphatic heterocycles. The van der Waals surface area contributed by atoms with E-state index in [0.29, 0.717) is 13.0 Å². The van der Waals surface area contributed by atoms with Crippen molar-refractivity contribution in [2.45, 2.75) is 38.8 Å². The number of rotatable bonds is 6. The minimum atomic E-state index is -0.531. The third kappa shape index (κ3) is 3.46. The van der Waals surface area contributed by atoms with Gasteiger partial charge in [-0.3, -0.25) is 4.68 Å². The fourth-order valence-corrected chi connectivity index (χ4v) is 1.69. The van der Waals surface area contributed by atoms with Crippen molar-refractivity contribution in [1.29, 1.82) is 5.26 Å². The van der Waals surface area contributed by atoms with Gasteiger partial charge < -0.3 is 10.1 Å². The zero-order valence-electron chi connectivity index (χ0n) is 10.9. The third-order valence-corrected chi connectivity index (χ3v) is 2.84. The largest absolute Gasteiger partial charge is 0.491 e. The van der Waals surface area contributed by atoms with E-state index in [0.717, 1.165) is 5.75 Å². The van der Waals surface area contributed by atoms with Crippen LogP contribution < -0.4 is 10.1 Å². The summed E-state index contributed by atoms with van der Waals surface area (Å²) in [5.74, 6) is 0.766. The number of nitriles is 1. The lowest BCUT2D eigenvalue weighted by atomic mass is 9.96. The van der Waals surface area contributed by atoms with Crippen molar-refractivity contribution in [3.63, 3.8) is 0 Å². The molecule has 1 aromatic heterocycles. The summed E-state index contributed by atoms with van der Waals surface area (Å²) in [6.07, 6.45) is 4.25. The van der Waals surface area contributed by atoms with Crippen molar-refractivity contribution >= 4 is 0 Å². The highest BCUT2D eigenvalue weighted by molar-refractivity contribution is 5.12. The summed E-state index contributed by atoms with van der Waals surface area (Å²) in [5.41, 5.74) is -0.531. The first kappa shape index (κ1) is 13.5. The Labute approximate surface area is 102 Å². The fourth-order valence-electron chi connectivity index (χ4n) is 1.69. The molecule has 1 rings (SSSR count). The Morgan fingerprint density at radius 2 is 2.41 bits per heavy atom. The van der Waals surface area contributed by atoms with Crippen molar-refractivity contribution in [1.82, 2.24) is 15.1 Å². The van der Waals surface area contributed by atoms with E-state index >= 15 is 0 Å². The number of aromatic nitrogens is 2. The van der Waals surface area contributed by atoms with Gasteiger partial charge in [0.15, 0.2) is 5.75 Å². The van der Waals surface area contributed by atoms with Crippen LogP contribution in [0.5, 0.6) is 5.75 Å². The molecule has 0 saturated carbocycles. The van der Waals surface area contributed by atoms with Crippen LogP contribution in [0.15, 0.2) is 12.4 Å². The lowest BCUT2D eigenvalue weighted by molar-refractivity contribution is 0.333. The van der Waals surface area contributed by atoms with Crippen molar-refractivity contribution in [2.24, 2.45) is 0 Å². The van der Waals surface area contributed by atoms with Gasteiger partial charge in [-0.25, -0.2) is 0 Å². The quantitative estimate of drug-likeness (QED) is 0.817. The van der Waals surface area contributed by atoms with Gasteiger partial charge in [-0.05, 0) is 27.8 Å². The molecular weight excluding hydrogens is 216 g/mol. The molecule has 1 aromatic rings. The molecule has 0 spiro atoms.